The van der Waals surface area contributed by atoms with Gasteiger partial charge in [0, 0.05) is 46.7 Å². The van der Waals surface area contributed by atoms with Gasteiger partial charge in [0.2, 0.25) is 0 Å². The van der Waals surface area contributed by atoms with Crippen molar-refractivity contribution in [1.29, 1.82) is 0 Å². The topological polar surface area (TPSA) is 89.3 Å². The van der Waals surface area contributed by atoms with Crippen LogP contribution < -0.4 is 5.69 Å². The zero-order chi connectivity index (χ0) is 15.4. The van der Waals surface area contributed by atoms with E-state index >= 15 is 0 Å². The monoisotopic (exact) mass is 300 g/mol. The Morgan fingerprint density at radius 3 is 2.55 bits per heavy atom. The number of carboxylic acids is 1. The minimum absolute atomic E-state index is 0.00431. The van der Waals surface area contributed by atoms with E-state index in [4.69, 9.17) is 5.11 Å². The van der Waals surface area contributed by atoms with Crippen molar-refractivity contribution >= 4 is 16.8 Å². The van der Waals surface area contributed by atoms with Gasteiger partial charge < -0.3 is 5.11 Å². The van der Waals surface area contributed by atoms with E-state index in [9.17, 15) is 13.8 Å². The highest BCUT2D eigenvalue weighted by Gasteiger charge is 2.17. The van der Waals surface area contributed by atoms with Crippen LogP contribution in [-0.2, 0) is 22.0 Å². The lowest BCUT2D eigenvalue weighted by atomic mass is 10.1. The fourth-order valence-corrected chi connectivity index (χ4v) is 3.17. The third-order valence-corrected chi connectivity index (χ3v) is 4.16. The van der Waals surface area contributed by atoms with Gasteiger partial charge in [0.25, 0.3) is 0 Å². The van der Waals surface area contributed by atoms with Crippen LogP contribution in [0.2, 0.25) is 0 Å². The highest BCUT2D eigenvalue weighted by atomic mass is 32.2. The second-order valence-electron chi connectivity index (χ2n) is 4.90. The number of aromatic nitrogens is 2. The van der Waals surface area contributed by atoms with Crippen LogP contribution in [0.25, 0.3) is 0 Å². The summed E-state index contributed by atoms with van der Waals surface area (Å²) in [5, 5.41) is 8.78. The Morgan fingerprint density at radius 2 is 2.05 bits per heavy atom. The van der Waals surface area contributed by atoms with Crippen molar-refractivity contribution in [3.05, 3.63) is 27.4 Å². The molecule has 0 radical (unpaired) electrons. The van der Waals surface area contributed by atoms with E-state index in [1.54, 1.807) is 20.1 Å². The van der Waals surface area contributed by atoms with Crippen molar-refractivity contribution in [3.63, 3.8) is 0 Å². The van der Waals surface area contributed by atoms with Gasteiger partial charge in [-0.25, -0.2) is 4.79 Å². The maximum Gasteiger partial charge on any atom is 0.348 e. The highest BCUT2D eigenvalue weighted by molar-refractivity contribution is 7.84. The number of nitrogens with zero attached hydrogens (tertiary/aromatic N) is 2. The average Bonchev–Trinajstić information content (AvgIpc) is 2.26. The second kappa shape index (κ2) is 6.78. The van der Waals surface area contributed by atoms with Crippen molar-refractivity contribution in [2.24, 2.45) is 0 Å². The second-order valence-corrected chi connectivity index (χ2v) is 6.38. The number of aryl methyl sites for hydroxylation is 1. The minimum atomic E-state index is -1.02. The van der Waals surface area contributed by atoms with E-state index in [1.807, 2.05) is 6.92 Å². The third-order valence-electron chi connectivity index (χ3n) is 3.21. The molecule has 0 aliphatic rings. The average molecular weight is 300 g/mol. The number of aliphatic carboxylic acids is 1. The van der Waals surface area contributed by atoms with Crippen LogP contribution in [0.4, 0.5) is 0 Å². The maximum absolute atomic E-state index is 12.0. The van der Waals surface area contributed by atoms with Crippen molar-refractivity contribution in [2.45, 2.75) is 39.7 Å². The van der Waals surface area contributed by atoms with Crippen LogP contribution in [0.1, 0.15) is 36.3 Å². The van der Waals surface area contributed by atoms with Gasteiger partial charge in [0.1, 0.15) is 0 Å². The summed E-state index contributed by atoms with van der Waals surface area (Å²) in [7, 11) is -1.02. The molecule has 20 heavy (non-hydrogen) atoms. The Kier molecular flexibility index (Phi) is 5.62. The molecular formula is C13H20N2O4S. The molecule has 0 aromatic carbocycles. The van der Waals surface area contributed by atoms with Crippen LogP contribution in [0.15, 0.2) is 4.79 Å². The van der Waals surface area contributed by atoms with E-state index in [0.717, 1.165) is 5.56 Å². The van der Waals surface area contributed by atoms with Crippen LogP contribution in [-0.4, -0.2) is 36.8 Å². The molecule has 1 heterocycles. The predicted octanol–water partition coefficient (Wildman–Crippen LogP) is 0.817. The van der Waals surface area contributed by atoms with Crippen LogP contribution in [0.5, 0.6) is 0 Å². The third kappa shape index (κ3) is 4.00. The molecule has 6 nitrogen and oxygen atoms in total. The SMILES string of the molecule is Cc1nc(=O)n(C(C)CS(C)=O)c(C)c1CCC(=O)O. The fraction of sp³-hybridized carbons (Fsp3) is 0.615. The molecule has 7 heteroatoms. The summed E-state index contributed by atoms with van der Waals surface area (Å²) in [4.78, 5) is 26.7. The van der Waals surface area contributed by atoms with Gasteiger partial charge in [-0.15, -0.1) is 0 Å². The van der Waals surface area contributed by atoms with Crippen LogP contribution in [0.3, 0.4) is 0 Å². The van der Waals surface area contributed by atoms with Gasteiger partial charge in [-0.05, 0) is 32.8 Å². The largest absolute Gasteiger partial charge is 0.481 e. The first-order valence-corrected chi connectivity index (χ1v) is 8.07. The quantitative estimate of drug-likeness (QED) is 0.840. The zero-order valence-corrected chi connectivity index (χ0v) is 13.0. The molecule has 0 saturated carbocycles. The number of hydrogen-bond acceptors (Lipinski definition) is 4. The van der Waals surface area contributed by atoms with Crippen molar-refractivity contribution in [2.75, 3.05) is 12.0 Å². The first-order chi connectivity index (χ1) is 9.23. The number of hydrogen-bond donors (Lipinski definition) is 1. The van der Waals surface area contributed by atoms with Gasteiger partial charge in [0.05, 0.1) is 0 Å². The first kappa shape index (κ1) is 16.6. The Hall–Kier alpha value is -1.50. The molecule has 1 aromatic rings. The Morgan fingerprint density at radius 1 is 1.45 bits per heavy atom. The summed E-state index contributed by atoms with van der Waals surface area (Å²) in [6.07, 6.45) is 1.92. The predicted molar refractivity (Wildman–Crippen MR) is 77.6 cm³/mol. The van der Waals surface area contributed by atoms with Gasteiger partial charge in [-0.3, -0.25) is 13.6 Å². The van der Waals surface area contributed by atoms with Crippen LogP contribution in [0, 0.1) is 13.8 Å². The molecule has 0 spiro atoms. The highest BCUT2D eigenvalue weighted by Crippen LogP contribution is 2.16. The summed E-state index contributed by atoms with van der Waals surface area (Å²) in [5.41, 5.74) is 1.68. The molecule has 2 atom stereocenters. The maximum atomic E-state index is 12.0. The molecule has 112 valence electrons. The fourth-order valence-electron chi connectivity index (χ4n) is 2.34. The van der Waals surface area contributed by atoms with Gasteiger partial charge in [-0.1, -0.05) is 0 Å². The molecule has 1 N–H and O–H groups in total. The Labute approximate surface area is 120 Å². The van der Waals surface area contributed by atoms with Crippen LogP contribution >= 0.6 is 0 Å². The van der Waals surface area contributed by atoms with Gasteiger partial charge >= 0.3 is 11.7 Å². The molecule has 0 bridgehead atoms. The smallest absolute Gasteiger partial charge is 0.348 e. The summed E-state index contributed by atoms with van der Waals surface area (Å²) < 4.78 is 12.8. The Bertz CT molecular complexity index is 595. The van der Waals surface area contributed by atoms with Crippen molar-refractivity contribution in [1.82, 2.24) is 9.55 Å². The van der Waals surface area contributed by atoms with Gasteiger partial charge in [-0.2, -0.15) is 4.98 Å². The molecule has 0 aliphatic carbocycles. The van der Waals surface area contributed by atoms with Gasteiger partial charge in [0.15, 0.2) is 0 Å². The molecule has 0 fully saturated rings. The lowest BCUT2D eigenvalue weighted by Gasteiger charge is -2.20. The summed E-state index contributed by atoms with van der Waals surface area (Å²) in [5.74, 6) is -0.520. The van der Waals surface area contributed by atoms with Crippen molar-refractivity contribution < 1.29 is 14.1 Å². The van der Waals surface area contributed by atoms with E-state index in [-0.39, 0.29) is 18.2 Å². The molecule has 0 amide bonds. The normalized spacial score (nSPS) is 14.0. The molecule has 0 aliphatic heterocycles. The molecule has 2 unspecified atom stereocenters. The number of carbonyl (C=O) groups is 1. The molecule has 1 rings (SSSR count). The first-order valence-electron chi connectivity index (χ1n) is 6.34. The van der Waals surface area contributed by atoms with E-state index in [0.29, 0.717) is 23.6 Å². The Balaban J connectivity index is 3.24. The van der Waals surface area contributed by atoms with Crippen molar-refractivity contribution in [3.8, 4) is 0 Å². The number of rotatable bonds is 6. The molecule has 1 aromatic heterocycles. The lowest BCUT2D eigenvalue weighted by Crippen LogP contribution is -2.32. The summed E-state index contributed by atoms with van der Waals surface area (Å²) >= 11 is 0. The standard InChI is InChI=1S/C13H20N2O4S/c1-8(7-20(4)19)15-10(3)11(5-6-12(16)17)9(2)14-13(15)18/h8H,5-7H2,1-4H3,(H,16,17). The van der Waals surface area contributed by atoms with E-state index < -0.39 is 16.8 Å². The van der Waals surface area contributed by atoms with E-state index in [2.05, 4.69) is 4.98 Å². The zero-order valence-electron chi connectivity index (χ0n) is 12.2. The van der Waals surface area contributed by atoms with E-state index in [1.165, 1.54) is 4.57 Å². The summed E-state index contributed by atoms with van der Waals surface area (Å²) in [6, 6.07) is -0.231. The molecular weight excluding hydrogens is 280 g/mol. The number of carboxylic acid groups (broad SMARTS) is 1. The molecule has 0 saturated heterocycles. The summed E-state index contributed by atoms with van der Waals surface area (Å²) in [6.45, 7) is 5.30. The lowest BCUT2D eigenvalue weighted by molar-refractivity contribution is -0.136. The minimum Gasteiger partial charge on any atom is -0.481 e.